The molecular weight excluding hydrogens is 288 g/mol. The predicted molar refractivity (Wildman–Crippen MR) is 77.8 cm³/mol. The topological polar surface area (TPSA) is 81.9 Å². The molecule has 1 unspecified atom stereocenters. The molecule has 1 aromatic rings. The highest BCUT2D eigenvalue weighted by atomic mass is 16.7. The van der Waals surface area contributed by atoms with Crippen LogP contribution in [-0.2, 0) is 4.74 Å². The molecule has 0 saturated carbocycles. The van der Waals surface area contributed by atoms with Gasteiger partial charge in [0.15, 0.2) is 0 Å². The Morgan fingerprint density at radius 2 is 1.95 bits per heavy atom. The number of nitro benzene ring substituents is 1. The smallest absolute Gasteiger partial charge is 0.426 e. The van der Waals surface area contributed by atoms with Gasteiger partial charge in [-0.05, 0) is 45.0 Å². The Kier molecular flexibility index (Phi) is 3.74. The maximum absolute atomic E-state index is 12.0. The lowest BCUT2D eigenvalue weighted by atomic mass is 9.76. The molecule has 7 heteroatoms. The standard InChI is InChI=1S/C15H18N2O5/c1-15(10-16-8-6-11(15)7-9-16)22-14(18)21-13-4-2-12(3-5-13)17(19)20/h2-5,11H,6-10H2,1H3. The summed E-state index contributed by atoms with van der Waals surface area (Å²) in [5, 5.41) is 10.6. The first-order valence-electron chi connectivity index (χ1n) is 7.34. The Morgan fingerprint density at radius 1 is 1.32 bits per heavy atom. The molecule has 1 aromatic carbocycles. The third-order valence-electron chi connectivity index (χ3n) is 4.55. The molecule has 3 fully saturated rings. The van der Waals surface area contributed by atoms with Crippen molar-refractivity contribution in [2.24, 2.45) is 5.92 Å². The monoisotopic (exact) mass is 306 g/mol. The number of fused-ring (bicyclic) bond motifs is 3. The van der Waals surface area contributed by atoms with E-state index in [0.717, 1.165) is 32.5 Å². The fourth-order valence-electron chi connectivity index (χ4n) is 3.33. The molecule has 3 aliphatic heterocycles. The number of carbonyl (C=O) groups excluding carboxylic acids is 1. The van der Waals surface area contributed by atoms with Gasteiger partial charge in [0.05, 0.1) is 4.92 Å². The summed E-state index contributed by atoms with van der Waals surface area (Å²) in [4.78, 5) is 24.4. The van der Waals surface area contributed by atoms with Crippen LogP contribution in [-0.4, -0.2) is 41.2 Å². The van der Waals surface area contributed by atoms with E-state index in [1.54, 1.807) is 0 Å². The van der Waals surface area contributed by atoms with Crippen molar-refractivity contribution in [3.63, 3.8) is 0 Å². The fourth-order valence-corrected chi connectivity index (χ4v) is 3.33. The Balaban J connectivity index is 1.61. The normalized spacial score (nSPS) is 29.9. The number of nitrogens with zero attached hydrogens (tertiary/aromatic N) is 2. The summed E-state index contributed by atoms with van der Waals surface area (Å²) < 4.78 is 10.7. The minimum atomic E-state index is -0.759. The zero-order valence-corrected chi connectivity index (χ0v) is 12.4. The van der Waals surface area contributed by atoms with Crippen molar-refractivity contribution in [2.75, 3.05) is 19.6 Å². The molecule has 0 radical (unpaired) electrons. The molecular formula is C15H18N2O5. The second kappa shape index (κ2) is 5.57. The minimum Gasteiger partial charge on any atom is -0.426 e. The van der Waals surface area contributed by atoms with Crippen molar-refractivity contribution in [3.8, 4) is 5.75 Å². The van der Waals surface area contributed by atoms with Crippen molar-refractivity contribution in [1.29, 1.82) is 0 Å². The van der Waals surface area contributed by atoms with E-state index in [4.69, 9.17) is 9.47 Å². The van der Waals surface area contributed by atoms with Crippen LogP contribution in [0.1, 0.15) is 19.8 Å². The molecule has 7 nitrogen and oxygen atoms in total. The van der Waals surface area contributed by atoms with Crippen molar-refractivity contribution < 1.29 is 19.2 Å². The second-order valence-corrected chi connectivity index (χ2v) is 6.07. The Bertz CT molecular complexity index is 580. The van der Waals surface area contributed by atoms with Crippen LogP contribution in [0.3, 0.4) is 0 Å². The number of nitro groups is 1. The SMILES string of the molecule is CC1(OC(=O)Oc2ccc([N+](=O)[O-])cc2)CN2CCC1CC2. The number of rotatable bonds is 3. The fraction of sp³-hybridized carbons (Fsp3) is 0.533. The third-order valence-corrected chi connectivity index (χ3v) is 4.55. The number of hydrogen-bond acceptors (Lipinski definition) is 6. The summed E-state index contributed by atoms with van der Waals surface area (Å²) in [6.45, 7) is 4.79. The highest BCUT2D eigenvalue weighted by Crippen LogP contribution is 2.38. The third kappa shape index (κ3) is 2.89. The molecule has 1 atom stereocenters. The average Bonchev–Trinajstić information content (AvgIpc) is 2.48. The quantitative estimate of drug-likeness (QED) is 0.369. The van der Waals surface area contributed by atoms with Gasteiger partial charge in [-0.1, -0.05) is 0 Å². The van der Waals surface area contributed by atoms with Crippen LogP contribution in [0.5, 0.6) is 5.75 Å². The highest BCUT2D eigenvalue weighted by molar-refractivity contribution is 5.64. The van der Waals surface area contributed by atoms with Gasteiger partial charge in [0.25, 0.3) is 5.69 Å². The van der Waals surface area contributed by atoms with E-state index in [2.05, 4.69) is 4.90 Å². The number of non-ortho nitro benzene ring substituents is 1. The van der Waals surface area contributed by atoms with Crippen molar-refractivity contribution in [3.05, 3.63) is 34.4 Å². The molecule has 0 spiro atoms. The maximum atomic E-state index is 12.0. The second-order valence-electron chi connectivity index (χ2n) is 6.07. The van der Waals surface area contributed by atoms with E-state index in [9.17, 15) is 14.9 Å². The highest BCUT2D eigenvalue weighted by Gasteiger charge is 2.46. The summed E-state index contributed by atoms with van der Waals surface area (Å²) >= 11 is 0. The lowest BCUT2D eigenvalue weighted by molar-refractivity contribution is -0.384. The van der Waals surface area contributed by atoms with E-state index < -0.39 is 16.7 Å². The van der Waals surface area contributed by atoms with Gasteiger partial charge in [0.2, 0.25) is 0 Å². The van der Waals surface area contributed by atoms with Gasteiger partial charge in [0.1, 0.15) is 11.4 Å². The molecule has 2 bridgehead atoms. The van der Waals surface area contributed by atoms with Crippen molar-refractivity contribution >= 4 is 11.8 Å². The molecule has 22 heavy (non-hydrogen) atoms. The van der Waals surface area contributed by atoms with Crippen LogP contribution in [0.15, 0.2) is 24.3 Å². The molecule has 0 N–H and O–H groups in total. The molecule has 0 aromatic heterocycles. The molecule has 118 valence electrons. The summed E-state index contributed by atoms with van der Waals surface area (Å²) in [7, 11) is 0. The molecule has 0 aliphatic carbocycles. The van der Waals surface area contributed by atoms with E-state index in [1.807, 2.05) is 6.92 Å². The van der Waals surface area contributed by atoms with Crippen LogP contribution in [0, 0.1) is 16.0 Å². The van der Waals surface area contributed by atoms with E-state index in [0.29, 0.717) is 5.92 Å². The van der Waals surface area contributed by atoms with Crippen molar-refractivity contribution in [2.45, 2.75) is 25.4 Å². The Labute approximate surface area is 128 Å². The summed E-state index contributed by atoms with van der Waals surface area (Å²) in [5.74, 6) is 0.599. The summed E-state index contributed by atoms with van der Waals surface area (Å²) in [5.41, 5.74) is -0.570. The first-order valence-corrected chi connectivity index (χ1v) is 7.34. The van der Waals surface area contributed by atoms with Gasteiger partial charge < -0.3 is 9.47 Å². The molecule has 3 saturated heterocycles. The Hall–Kier alpha value is -2.15. The Morgan fingerprint density at radius 3 is 2.45 bits per heavy atom. The predicted octanol–water partition coefficient (Wildman–Crippen LogP) is 2.59. The van der Waals surface area contributed by atoms with Crippen molar-refractivity contribution in [1.82, 2.24) is 4.90 Å². The molecule has 3 aliphatic rings. The summed E-state index contributed by atoms with van der Waals surface area (Å²) in [6.07, 6.45) is 1.30. The molecule has 4 rings (SSSR count). The van der Waals surface area contributed by atoms with Gasteiger partial charge in [-0.2, -0.15) is 0 Å². The van der Waals surface area contributed by atoms with Crippen LogP contribution >= 0.6 is 0 Å². The lowest BCUT2D eigenvalue weighted by Crippen LogP contribution is -2.59. The zero-order valence-electron chi connectivity index (χ0n) is 12.4. The van der Waals surface area contributed by atoms with Crippen LogP contribution in [0.2, 0.25) is 0 Å². The van der Waals surface area contributed by atoms with Gasteiger partial charge in [-0.15, -0.1) is 0 Å². The molecule has 0 amide bonds. The number of piperidine rings is 3. The summed E-state index contributed by atoms with van der Waals surface area (Å²) in [6, 6.07) is 5.35. The largest absolute Gasteiger partial charge is 0.514 e. The zero-order chi connectivity index (χ0) is 15.7. The minimum absolute atomic E-state index is 0.0509. The van der Waals surface area contributed by atoms with Gasteiger partial charge in [-0.25, -0.2) is 4.79 Å². The number of benzene rings is 1. The lowest BCUT2D eigenvalue weighted by Gasteiger charge is -2.50. The maximum Gasteiger partial charge on any atom is 0.514 e. The van der Waals surface area contributed by atoms with Crippen LogP contribution < -0.4 is 4.74 Å². The van der Waals surface area contributed by atoms with Gasteiger partial charge in [-0.3, -0.25) is 15.0 Å². The average molecular weight is 306 g/mol. The van der Waals surface area contributed by atoms with Crippen LogP contribution in [0.25, 0.3) is 0 Å². The van der Waals surface area contributed by atoms with E-state index in [1.165, 1.54) is 24.3 Å². The first kappa shape index (κ1) is 14.8. The first-order chi connectivity index (χ1) is 10.5. The van der Waals surface area contributed by atoms with Gasteiger partial charge in [0, 0.05) is 24.6 Å². The van der Waals surface area contributed by atoms with Crippen LogP contribution in [0.4, 0.5) is 10.5 Å². The van der Waals surface area contributed by atoms with E-state index >= 15 is 0 Å². The molecule has 3 heterocycles. The number of hydrogen-bond donors (Lipinski definition) is 0. The van der Waals surface area contributed by atoms with Gasteiger partial charge >= 0.3 is 6.16 Å². The van der Waals surface area contributed by atoms with E-state index in [-0.39, 0.29) is 11.4 Å². The number of ether oxygens (including phenoxy) is 2. The number of carbonyl (C=O) groups is 1.